The molecule has 0 saturated carbocycles. The van der Waals surface area contributed by atoms with E-state index in [-0.39, 0.29) is 5.56 Å². The maximum absolute atomic E-state index is 13.3. The highest BCUT2D eigenvalue weighted by molar-refractivity contribution is 6.20. The van der Waals surface area contributed by atoms with Crippen LogP contribution in [0.15, 0.2) is 34.8 Å². The maximum Gasteiger partial charge on any atom is 0.339 e. The number of benzene rings is 1. The first-order valence-electron chi connectivity index (χ1n) is 9.60. The molecule has 1 amide bonds. The molecule has 32 heavy (non-hydrogen) atoms. The van der Waals surface area contributed by atoms with Crippen LogP contribution in [0, 0.1) is 11.8 Å². The Morgan fingerprint density at radius 1 is 1.12 bits per heavy atom. The van der Waals surface area contributed by atoms with Crippen LogP contribution >= 0.6 is 0 Å². The standard InChI is InChI=1S/C21H19NO10/c1-5-6-2-3-7(20(30)31)14(24)11(6)16(26)13-10(5)15(25)8-4-9(23)12(19(22)29)17(27)21(8,32)18(13)28/h2-3,5,8,10,15,24-25,27-28,32H,4H2,1H3,(H2,22,29)(H,30,31)/t5-,8+,10+,15+,21+/m0/s1. The highest BCUT2D eigenvalue weighted by Gasteiger charge is 2.63. The van der Waals surface area contributed by atoms with Crippen molar-refractivity contribution in [2.24, 2.45) is 17.6 Å². The molecule has 3 aliphatic carbocycles. The van der Waals surface area contributed by atoms with Gasteiger partial charge in [0.1, 0.15) is 28.4 Å². The number of phenols is 1. The van der Waals surface area contributed by atoms with Crippen LogP contribution in [0.1, 0.15) is 45.5 Å². The number of carboxylic acid groups (broad SMARTS) is 1. The van der Waals surface area contributed by atoms with Gasteiger partial charge in [0.2, 0.25) is 0 Å². The van der Waals surface area contributed by atoms with E-state index in [1.54, 1.807) is 6.92 Å². The van der Waals surface area contributed by atoms with Crippen LogP contribution in [0.3, 0.4) is 0 Å². The number of ketones is 2. The maximum atomic E-state index is 13.3. The summed E-state index contributed by atoms with van der Waals surface area (Å²) in [5.74, 6) is -11.6. The predicted octanol–water partition coefficient (Wildman–Crippen LogP) is -0.190. The van der Waals surface area contributed by atoms with Crippen LogP contribution in [-0.2, 0) is 9.59 Å². The minimum absolute atomic E-state index is 0.197. The number of carboxylic acids is 1. The zero-order valence-electron chi connectivity index (χ0n) is 16.6. The number of aromatic carboxylic acids is 1. The monoisotopic (exact) mass is 445 g/mol. The van der Waals surface area contributed by atoms with Crippen LogP contribution < -0.4 is 5.73 Å². The number of carbonyl (C=O) groups excluding carboxylic acids is 3. The first kappa shape index (κ1) is 21.5. The molecular formula is C21H19NO10. The van der Waals surface area contributed by atoms with Crippen molar-refractivity contribution in [2.45, 2.75) is 31.0 Å². The summed E-state index contributed by atoms with van der Waals surface area (Å²) >= 11 is 0. The first-order valence-corrected chi connectivity index (χ1v) is 9.60. The van der Waals surface area contributed by atoms with Gasteiger partial charge in [0.05, 0.1) is 11.7 Å². The van der Waals surface area contributed by atoms with Gasteiger partial charge < -0.3 is 36.4 Å². The highest BCUT2D eigenvalue weighted by Crippen LogP contribution is 2.55. The molecule has 0 unspecified atom stereocenters. The van der Waals surface area contributed by atoms with E-state index < -0.39 is 98.9 Å². The SMILES string of the molecule is C[C@H]1c2ccc(C(=O)O)c(O)c2C(=O)C2=C(O)[C@]3(O)C(O)=C(C(N)=O)C(=O)C[C@@H]3[C@@H](O)[C@@H]21. The van der Waals surface area contributed by atoms with E-state index in [1.807, 2.05) is 0 Å². The third kappa shape index (κ3) is 2.43. The lowest BCUT2D eigenvalue weighted by Gasteiger charge is -2.50. The summed E-state index contributed by atoms with van der Waals surface area (Å²) in [4.78, 5) is 48.7. The lowest BCUT2D eigenvalue weighted by molar-refractivity contribution is -0.137. The summed E-state index contributed by atoms with van der Waals surface area (Å²) < 4.78 is 0. The fourth-order valence-electron chi connectivity index (χ4n) is 5.17. The molecule has 0 aliphatic heterocycles. The number of fused-ring (bicyclic) bond motifs is 3. The van der Waals surface area contributed by atoms with Gasteiger partial charge in [-0.1, -0.05) is 13.0 Å². The smallest absolute Gasteiger partial charge is 0.339 e. The molecule has 5 atom stereocenters. The number of Topliss-reactive ketones (excluding diaryl/α,β-unsaturated/α-hetero) is 2. The van der Waals surface area contributed by atoms with Crippen molar-refractivity contribution in [3.05, 3.63) is 51.5 Å². The zero-order valence-corrected chi connectivity index (χ0v) is 16.6. The predicted molar refractivity (Wildman–Crippen MR) is 104 cm³/mol. The van der Waals surface area contributed by atoms with Gasteiger partial charge in [-0.15, -0.1) is 0 Å². The quantitative estimate of drug-likeness (QED) is 0.298. The first-order chi connectivity index (χ1) is 14.8. The second-order valence-electron chi connectivity index (χ2n) is 8.22. The Balaban J connectivity index is 2.04. The number of aromatic hydroxyl groups is 1. The van der Waals surface area contributed by atoms with Crippen molar-refractivity contribution < 1.29 is 49.8 Å². The van der Waals surface area contributed by atoms with Crippen molar-refractivity contribution in [1.29, 1.82) is 0 Å². The molecule has 0 aromatic heterocycles. The summed E-state index contributed by atoms with van der Waals surface area (Å²) in [5.41, 5.74) is -0.0946. The third-order valence-electron chi connectivity index (χ3n) is 6.74. The van der Waals surface area contributed by atoms with Crippen LogP contribution in [0.2, 0.25) is 0 Å². The Hall–Kier alpha value is -3.70. The van der Waals surface area contributed by atoms with Crippen LogP contribution in [0.4, 0.5) is 0 Å². The number of hydrogen-bond donors (Lipinski definition) is 7. The number of hydrogen-bond acceptors (Lipinski definition) is 9. The summed E-state index contributed by atoms with van der Waals surface area (Å²) in [7, 11) is 0. The molecule has 0 bridgehead atoms. The van der Waals surface area contributed by atoms with E-state index in [2.05, 4.69) is 0 Å². The lowest BCUT2D eigenvalue weighted by Crippen LogP contribution is -2.60. The summed E-state index contributed by atoms with van der Waals surface area (Å²) in [6.07, 6.45) is -2.29. The van der Waals surface area contributed by atoms with Crippen molar-refractivity contribution in [3.63, 3.8) is 0 Å². The molecule has 0 saturated heterocycles. The van der Waals surface area contributed by atoms with Crippen LogP contribution in [0.25, 0.3) is 0 Å². The van der Waals surface area contributed by atoms with E-state index in [9.17, 15) is 49.8 Å². The van der Waals surface area contributed by atoms with Gasteiger partial charge in [0.15, 0.2) is 17.2 Å². The van der Waals surface area contributed by atoms with E-state index in [4.69, 9.17) is 5.73 Å². The molecule has 3 aliphatic rings. The Bertz CT molecular complexity index is 1200. The molecular weight excluding hydrogens is 426 g/mol. The van der Waals surface area contributed by atoms with E-state index in [1.165, 1.54) is 6.07 Å². The van der Waals surface area contributed by atoms with Crippen LogP contribution in [0.5, 0.6) is 5.75 Å². The molecule has 0 spiro atoms. The molecule has 0 radical (unpaired) electrons. The van der Waals surface area contributed by atoms with Gasteiger partial charge >= 0.3 is 5.97 Å². The second kappa shape index (κ2) is 6.65. The Labute approximate surface area is 179 Å². The molecule has 11 nitrogen and oxygen atoms in total. The average Bonchev–Trinajstić information content (AvgIpc) is 2.70. The number of amides is 1. The number of aliphatic hydroxyl groups excluding tert-OH is 3. The van der Waals surface area contributed by atoms with Gasteiger partial charge in [0.25, 0.3) is 5.91 Å². The summed E-state index contributed by atoms with van der Waals surface area (Å²) in [6.45, 7) is 1.55. The summed E-state index contributed by atoms with van der Waals surface area (Å²) in [6, 6.07) is 2.40. The molecule has 168 valence electrons. The largest absolute Gasteiger partial charge is 0.508 e. The molecule has 1 aromatic carbocycles. The topological polar surface area (TPSA) is 216 Å². The number of carbonyl (C=O) groups is 4. The lowest BCUT2D eigenvalue weighted by atomic mass is 9.57. The van der Waals surface area contributed by atoms with E-state index >= 15 is 0 Å². The Kier molecular flexibility index (Phi) is 4.47. The third-order valence-corrected chi connectivity index (χ3v) is 6.74. The van der Waals surface area contributed by atoms with Gasteiger partial charge in [-0.05, 0) is 17.5 Å². The number of aliphatic hydroxyl groups is 4. The van der Waals surface area contributed by atoms with Crippen molar-refractivity contribution in [2.75, 3.05) is 0 Å². The summed E-state index contributed by atoms with van der Waals surface area (Å²) in [5, 5.41) is 63.4. The normalized spacial score (nSPS) is 31.7. The van der Waals surface area contributed by atoms with Gasteiger partial charge in [0, 0.05) is 23.8 Å². The fourth-order valence-corrected chi connectivity index (χ4v) is 5.17. The van der Waals surface area contributed by atoms with E-state index in [0.29, 0.717) is 0 Å². The molecule has 0 heterocycles. The highest BCUT2D eigenvalue weighted by atomic mass is 16.4. The minimum Gasteiger partial charge on any atom is -0.508 e. The minimum atomic E-state index is -2.86. The van der Waals surface area contributed by atoms with Gasteiger partial charge in [-0.3, -0.25) is 14.4 Å². The molecule has 4 rings (SSSR count). The van der Waals surface area contributed by atoms with Gasteiger partial charge in [-0.25, -0.2) is 4.79 Å². The van der Waals surface area contributed by atoms with Crippen molar-refractivity contribution >= 4 is 23.4 Å². The van der Waals surface area contributed by atoms with Crippen molar-refractivity contribution in [1.82, 2.24) is 0 Å². The average molecular weight is 445 g/mol. The molecule has 11 heteroatoms. The molecule has 8 N–H and O–H groups in total. The number of rotatable bonds is 2. The number of nitrogens with two attached hydrogens (primary N) is 1. The van der Waals surface area contributed by atoms with Crippen molar-refractivity contribution in [3.8, 4) is 5.75 Å². The van der Waals surface area contributed by atoms with Gasteiger partial charge in [-0.2, -0.15) is 0 Å². The Morgan fingerprint density at radius 2 is 1.75 bits per heavy atom. The van der Waals surface area contributed by atoms with E-state index in [0.717, 1.165) is 6.07 Å². The Morgan fingerprint density at radius 3 is 2.31 bits per heavy atom. The second-order valence-corrected chi connectivity index (χ2v) is 8.22. The molecule has 0 fully saturated rings. The number of primary amides is 1. The molecule has 1 aromatic rings. The fraction of sp³-hybridized carbons (Fsp3) is 0.333. The zero-order chi connectivity index (χ0) is 23.9. The van der Waals surface area contributed by atoms with Crippen LogP contribution in [-0.4, -0.2) is 65.8 Å².